The molecule has 3 nitrogen and oxygen atoms in total. The molecule has 1 aliphatic rings. The van der Waals surface area contributed by atoms with Crippen LogP contribution in [0, 0.1) is 6.92 Å². The second kappa shape index (κ2) is 5.62. The fourth-order valence-electron chi connectivity index (χ4n) is 2.85. The number of fused-ring (bicyclic) bond motifs is 1. The molecule has 2 aromatic rings. The Hall–Kier alpha value is -1.65. The first-order valence-corrected chi connectivity index (χ1v) is 7.68. The summed E-state index contributed by atoms with van der Waals surface area (Å²) in [6, 6.07) is 13.1. The molecule has 0 bridgehead atoms. The predicted molar refractivity (Wildman–Crippen MR) is 85.2 cm³/mol. The van der Waals surface area contributed by atoms with Gasteiger partial charge in [-0.3, -0.25) is 4.79 Å². The van der Waals surface area contributed by atoms with Crippen molar-refractivity contribution in [3.63, 3.8) is 0 Å². The highest BCUT2D eigenvalue weighted by molar-refractivity contribution is 9.10. The maximum Gasteiger partial charge on any atom is 0.252 e. The van der Waals surface area contributed by atoms with E-state index in [9.17, 15) is 9.90 Å². The number of carbonyl (C=O) groups is 1. The fraction of sp³-hybridized carbons (Fsp3) is 0.235. The van der Waals surface area contributed by atoms with Gasteiger partial charge in [-0.05, 0) is 41.8 Å². The third-order valence-corrected chi connectivity index (χ3v) is 4.42. The SMILES string of the molecule is Cc1cc(Br)ccc1C(=O)NC1c2ccccc2CC1O. The van der Waals surface area contributed by atoms with Crippen LogP contribution < -0.4 is 5.32 Å². The van der Waals surface area contributed by atoms with Crippen molar-refractivity contribution in [2.75, 3.05) is 0 Å². The number of rotatable bonds is 2. The van der Waals surface area contributed by atoms with Crippen LogP contribution in [0.4, 0.5) is 0 Å². The Morgan fingerprint density at radius 1 is 1.29 bits per heavy atom. The lowest BCUT2D eigenvalue weighted by Crippen LogP contribution is -2.34. The van der Waals surface area contributed by atoms with Crippen LogP contribution in [-0.4, -0.2) is 17.1 Å². The molecule has 2 aromatic carbocycles. The normalized spacial score (nSPS) is 20.1. The van der Waals surface area contributed by atoms with Crippen LogP contribution in [0.5, 0.6) is 0 Å². The van der Waals surface area contributed by atoms with Crippen LogP contribution in [0.15, 0.2) is 46.9 Å². The van der Waals surface area contributed by atoms with Gasteiger partial charge in [0.15, 0.2) is 0 Å². The summed E-state index contributed by atoms with van der Waals surface area (Å²) in [6.45, 7) is 1.90. The number of aliphatic hydroxyl groups is 1. The minimum Gasteiger partial charge on any atom is -0.390 e. The molecule has 0 radical (unpaired) electrons. The minimum atomic E-state index is -0.567. The van der Waals surface area contributed by atoms with Crippen molar-refractivity contribution in [1.82, 2.24) is 5.32 Å². The number of hydrogen-bond acceptors (Lipinski definition) is 2. The predicted octanol–water partition coefficient (Wildman–Crippen LogP) is 3.15. The molecular weight excluding hydrogens is 330 g/mol. The average Bonchev–Trinajstić information content (AvgIpc) is 2.75. The van der Waals surface area contributed by atoms with Crippen molar-refractivity contribution in [1.29, 1.82) is 0 Å². The van der Waals surface area contributed by atoms with Crippen molar-refractivity contribution in [2.45, 2.75) is 25.5 Å². The number of carbonyl (C=O) groups excluding carboxylic acids is 1. The summed E-state index contributed by atoms with van der Waals surface area (Å²) in [5.41, 5.74) is 3.65. The van der Waals surface area contributed by atoms with Gasteiger partial charge < -0.3 is 10.4 Å². The number of aliphatic hydroxyl groups excluding tert-OH is 1. The van der Waals surface area contributed by atoms with Gasteiger partial charge >= 0.3 is 0 Å². The van der Waals surface area contributed by atoms with Crippen LogP contribution in [0.1, 0.15) is 33.1 Å². The van der Waals surface area contributed by atoms with E-state index in [0.717, 1.165) is 21.2 Å². The van der Waals surface area contributed by atoms with E-state index in [4.69, 9.17) is 0 Å². The number of aryl methyl sites for hydroxylation is 1. The zero-order chi connectivity index (χ0) is 15.0. The zero-order valence-electron chi connectivity index (χ0n) is 11.6. The zero-order valence-corrected chi connectivity index (χ0v) is 13.2. The molecule has 1 aliphatic carbocycles. The molecule has 3 rings (SSSR count). The lowest BCUT2D eigenvalue weighted by Gasteiger charge is -2.18. The molecule has 0 fully saturated rings. The average molecular weight is 346 g/mol. The lowest BCUT2D eigenvalue weighted by atomic mass is 10.1. The highest BCUT2D eigenvalue weighted by Crippen LogP contribution is 2.31. The molecule has 0 saturated carbocycles. The van der Waals surface area contributed by atoms with E-state index in [-0.39, 0.29) is 11.9 Å². The molecule has 108 valence electrons. The third kappa shape index (κ3) is 2.74. The minimum absolute atomic E-state index is 0.152. The molecule has 2 N–H and O–H groups in total. The largest absolute Gasteiger partial charge is 0.390 e. The van der Waals surface area contributed by atoms with E-state index in [0.29, 0.717) is 12.0 Å². The van der Waals surface area contributed by atoms with Crippen molar-refractivity contribution in [3.05, 3.63) is 69.2 Å². The van der Waals surface area contributed by atoms with E-state index >= 15 is 0 Å². The Kier molecular flexibility index (Phi) is 3.83. The molecule has 2 unspecified atom stereocenters. The van der Waals surface area contributed by atoms with Gasteiger partial charge in [0, 0.05) is 16.5 Å². The van der Waals surface area contributed by atoms with Gasteiger partial charge in [-0.2, -0.15) is 0 Å². The van der Waals surface area contributed by atoms with E-state index in [2.05, 4.69) is 21.2 Å². The summed E-state index contributed by atoms with van der Waals surface area (Å²) in [4.78, 5) is 12.5. The van der Waals surface area contributed by atoms with Gasteiger partial charge in [0.1, 0.15) is 0 Å². The topological polar surface area (TPSA) is 49.3 Å². The first kappa shape index (κ1) is 14.3. The molecule has 0 spiro atoms. The molecular formula is C17H16BrNO2. The molecule has 2 atom stereocenters. The van der Waals surface area contributed by atoms with E-state index < -0.39 is 6.10 Å². The van der Waals surface area contributed by atoms with Gasteiger partial charge in [-0.25, -0.2) is 0 Å². The third-order valence-electron chi connectivity index (χ3n) is 3.92. The standard InChI is InChI=1S/C17H16BrNO2/c1-10-8-12(18)6-7-13(10)17(21)19-16-14-5-3-2-4-11(14)9-15(16)20/h2-8,15-16,20H,9H2,1H3,(H,19,21). The highest BCUT2D eigenvalue weighted by Gasteiger charge is 2.32. The maximum absolute atomic E-state index is 12.5. The Balaban J connectivity index is 1.85. The molecule has 21 heavy (non-hydrogen) atoms. The Morgan fingerprint density at radius 3 is 2.81 bits per heavy atom. The Labute approximate surface area is 132 Å². The number of nitrogens with one attached hydrogen (secondary N) is 1. The summed E-state index contributed by atoms with van der Waals surface area (Å²) in [7, 11) is 0. The molecule has 4 heteroatoms. The highest BCUT2D eigenvalue weighted by atomic mass is 79.9. The number of amides is 1. The second-order valence-electron chi connectivity index (χ2n) is 5.38. The van der Waals surface area contributed by atoms with Crippen LogP contribution in [0.2, 0.25) is 0 Å². The van der Waals surface area contributed by atoms with Gasteiger partial charge in [-0.1, -0.05) is 40.2 Å². The van der Waals surface area contributed by atoms with Crippen LogP contribution in [-0.2, 0) is 6.42 Å². The summed E-state index contributed by atoms with van der Waals surface area (Å²) in [5.74, 6) is -0.152. The number of halogens is 1. The van der Waals surface area contributed by atoms with Gasteiger partial charge in [0.25, 0.3) is 5.91 Å². The van der Waals surface area contributed by atoms with E-state index in [1.165, 1.54) is 0 Å². The summed E-state index contributed by atoms with van der Waals surface area (Å²) >= 11 is 3.39. The molecule has 0 aromatic heterocycles. The molecule has 0 saturated heterocycles. The van der Waals surface area contributed by atoms with Crippen molar-refractivity contribution < 1.29 is 9.90 Å². The van der Waals surface area contributed by atoms with Crippen LogP contribution >= 0.6 is 15.9 Å². The molecule has 0 aliphatic heterocycles. The van der Waals surface area contributed by atoms with Gasteiger partial charge in [0.2, 0.25) is 0 Å². The quantitative estimate of drug-likeness (QED) is 0.878. The van der Waals surface area contributed by atoms with Crippen LogP contribution in [0.3, 0.4) is 0 Å². The molecule has 1 amide bonds. The van der Waals surface area contributed by atoms with Crippen molar-refractivity contribution in [2.24, 2.45) is 0 Å². The van der Waals surface area contributed by atoms with Crippen molar-refractivity contribution >= 4 is 21.8 Å². The van der Waals surface area contributed by atoms with E-state index in [1.807, 2.05) is 43.3 Å². The number of benzene rings is 2. The Morgan fingerprint density at radius 2 is 2.05 bits per heavy atom. The lowest BCUT2D eigenvalue weighted by molar-refractivity contribution is 0.0857. The fourth-order valence-corrected chi connectivity index (χ4v) is 3.32. The second-order valence-corrected chi connectivity index (χ2v) is 6.30. The van der Waals surface area contributed by atoms with Gasteiger partial charge in [-0.15, -0.1) is 0 Å². The first-order valence-electron chi connectivity index (χ1n) is 6.89. The Bertz CT molecular complexity index is 699. The molecule has 0 heterocycles. The first-order chi connectivity index (χ1) is 10.1. The van der Waals surface area contributed by atoms with Gasteiger partial charge in [0.05, 0.1) is 12.1 Å². The summed E-state index contributed by atoms with van der Waals surface area (Å²) < 4.78 is 0.947. The summed E-state index contributed by atoms with van der Waals surface area (Å²) in [6.07, 6.45) is 0.0163. The smallest absolute Gasteiger partial charge is 0.252 e. The summed E-state index contributed by atoms with van der Waals surface area (Å²) in [5, 5.41) is 13.2. The van der Waals surface area contributed by atoms with E-state index in [1.54, 1.807) is 6.07 Å². The number of hydrogen-bond donors (Lipinski definition) is 2. The monoisotopic (exact) mass is 345 g/mol. The van der Waals surface area contributed by atoms with Crippen molar-refractivity contribution in [3.8, 4) is 0 Å². The van der Waals surface area contributed by atoms with Crippen LogP contribution in [0.25, 0.3) is 0 Å². The maximum atomic E-state index is 12.5.